The Labute approximate surface area is 263 Å². The molecule has 2 atom stereocenters. The van der Waals surface area contributed by atoms with Gasteiger partial charge in [0.1, 0.15) is 41.3 Å². The number of hydrogen-bond donors (Lipinski definition) is 2. The third-order valence-corrected chi connectivity index (χ3v) is 9.05. The molecule has 2 aliphatic heterocycles. The van der Waals surface area contributed by atoms with E-state index in [1.54, 1.807) is 13.1 Å². The standard InChI is InChI=1S/C35H31F2N5O4/c1-3-25-27(37)9-8-21-15-24(43)16-26(28(21)25)31-20(2)30-29(33(44)46-31)32(39-13-10-23-7-4-5-12-38-23)41-34(40-30)45-19-35-11-6-14-42(35)18-22(36)17-35/h1,4-5,7-9,12,15-16,22,43H,6,10-11,13-14,17-19H2,2H3,(H,39,40,41)/t22-,35+/m1/s1. The number of rotatable bonds is 8. The monoisotopic (exact) mass is 623 g/mol. The predicted octanol–water partition coefficient (Wildman–Crippen LogP) is 5.54. The highest BCUT2D eigenvalue weighted by atomic mass is 19.1. The van der Waals surface area contributed by atoms with Crippen molar-refractivity contribution in [2.24, 2.45) is 0 Å². The Balaban J connectivity index is 1.35. The van der Waals surface area contributed by atoms with Gasteiger partial charge in [-0.25, -0.2) is 13.6 Å². The van der Waals surface area contributed by atoms with Gasteiger partial charge < -0.3 is 19.6 Å². The molecular weight excluding hydrogens is 592 g/mol. The minimum Gasteiger partial charge on any atom is -0.508 e. The minimum atomic E-state index is -0.922. The molecule has 0 bridgehead atoms. The van der Waals surface area contributed by atoms with Crippen LogP contribution in [0, 0.1) is 25.1 Å². The van der Waals surface area contributed by atoms with Gasteiger partial charge in [-0.15, -0.1) is 6.42 Å². The summed E-state index contributed by atoms with van der Waals surface area (Å²) in [5.41, 5.74) is 0.573. The maximum absolute atomic E-state index is 14.9. The van der Waals surface area contributed by atoms with Gasteiger partial charge in [0.2, 0.25) is 0 Å². The molecule has 0 unspecified atom stereocenters. The smallest absolute Gasteiger partial charge is 0.349 e. The van der Waals surface area contributed by atoms with E-state index in [1.807, 2.05) is 18.2 Å². The lowest BCUT2D eigenvalue weighted by Crippen LogP contribution is -2.43. The largest absolute Gasteiger partial charge is 0.508 e. The molecular formula is C35H31F2N5O4. The van der Waals surface area contributed by atoms with Crippen LogP contribution in [0.15, 0.2) is 57.9 Å². The highest BCUT2D eigenvalue weighted by Gasteiger charge is 2.49. The van der Waals surface area contributed by atoms with Crippen molar-refractivity contribution in [1.82, 2.24) is 19.9 Å². The van der Waals surface area contributed by atoms with Gasteiger partial charge in [0.15, 0.2) is 0 Å². The molecule has 0 aliphatic carbocycles. The maximum atomic E-state index is 14.9. The van der Waals surface area contributed by atoms with Crippen molar-refractivity contribution in [3.8, 4) is 35.4 Å². The lowest BCUT2D eigenvalue weighted by Gasteiger charge is -2.30. The Bertz CT molecular complexity index is 2080. The Hall–Kier alpha value is -5.08. The average Bonchev–Trinajstić information content (AvgIpc) is 3.57. The van der Waals surface area contributed by atoms with Gasteiger partial charge in [0.25, 0.3) is 0 Å². The molecule has 0 saturated carbocycles. The second-order valence-electron chi connectivity index (χ2n) is 11.9. The summed E-state index contributed by atoms with van der Waals surface area (Å²) in [5, 5.41) is 14.7. The van der Waals surface area contributed by atoms with Gasteiger partial charge in [-0.2, -0.15) is 9.97 Å². The summed E-state index contributed by atoms with van der Waals surface area (Å²) in [6.07, 6.45) is 9.17. The fraction of sp³-hybridized carbons (Fsp3) is 0.314. The third-order valence-electron chi connectivity index (χ3n) is 9.05. The van der Waals surface area contributed by atoms with Crippen molar-refractivity contribution in [2.45, 2.75) is 44.3 Å². The van der Waals surface area contributed by atoms with E-state index in [-0.39, 0.29) is 52.0 Å². The van der Waals surface area contributed by atoms with Crippen LogP contribution >= 0.6 is 0 Å². The van der Waals surface area contributed by atoms with Crippen LogP contribution < -0.4 is 15.7 Å². The molecule has 234 valence electrons. The van der Waals surface area contributed by atoms with E-state index >= 15 is 0 Å². The molecule has 3 aromatic heterocycles. The highest BCUT2D eigenvalue weighted by Crippen LogP contribution is 2.41. The van der Waals surface area contributed by atoms with Gasteiger partial charge in [-0.1, -0.05) is 18.1 Å². The molecule has 7 rings (SSSR count). The minimum absolute atomic E-state index is 0.0205. The first-order valence-corrected chi connectivity index (χ1v) is 15.2. The van der Waals surface area contributed by atoms with Crippen LogP contribution in [-0.4, -0.2) is 62.9 Å². The fourth-order valence-electron chi connectivity index (χ4n) is 6.93. The number of alkyl halides is 1. The number of ether oxygens (including phenoxy) is 1. The second-order valence-corrected chi connectivity index (χ2v) is 11.9. The van der Waals surface area contributed by atoms with Crippen LogP contribution in [-0.2, 0) is 6.42 Å². The van der Waals surface area contributed by atoms with Crippen molar-refractivity contribution < 1.29 is 23.0 Å². The Morgan fingerprint density at radius 2 is 2.11 bits per heavy atom. The van der Waals surface area contributed by atoms with E-state index in [2.05, 4.69) is 31.1 Å². The molecule has 2 saturated heterocycles. The fourth-order valence-corrected chi connectivity index (χ4v) is 6.93. The Morgan fingerprint density at radius 3 is 2.91 bits per heavy atom. The number of aromatic nitrogens is 3. The Morgan fingerprint density at radius 1 is 1.24 bits per heavy atom. The molecule has 5 aromatic rings. The number of anilines is 1. The number of aromatic hydroxyl groups is 1. The van der Waals surface area contributed by atoms with Crippen LogP contribution in [0.4, 0.5) is 14.6 Å². The number of nitrogens with zero attached hydrogens (tertiary/aromatic N) is 4. The van der Waals surface area contributed by atoms with E-state index < -0.39 is 23.2 Å². The van der Waals surface area contributed by atoms with E-state index in [0.717, 1.165) is 25.1 Å². The number of hydrogen-bond acceptors (Lipinski definition) is 9. The number of halogens is 2. The summed E-state index contributed by atoms with van der Waals surface area (Å²) in [5.74, 6) is 1.93. The van der Waals surface area contributed by atoms with Crippen molar-refractivity contribution in [3.63, 3.8) is 0 Å². The van der Waals surface area contributed by atoms with Gasteiger partial charge in [-0.05, 0) is 62.0 Å². The predicted molar refractivity (Wildman–Crippen MR) is 170 cm³/mol. The van der Waals surface area contributed by atoms with Crippen LogP contribution in [0.2, 0.25) is 0 Å². The summed E-state index contributed by atoms with van der Waals surface area (Å²) in [6, 6.07) is 11.2. The summed E-state index contributed by atoms with van der Waals surface area (Å²) in [7, 11) is 0. The SMILES string of the molecule is C#Cc1c(F)ccc2cc(O)cc(-c3oc(=O)c4c(NCCc5ccccn5)nc(OC[C@@]56CCCN5C[C@H](F)C6)nc4c3C)c12. The van der Waals surface area contributed by atoms with E-state index in [0.29, 0.717) is 42.3 Å². The molecule has 46 heavy (non-hydrogen) atoms. The number of nitrogens with one attached hydrogen (secondary N) is 1. The first-order valence-electron chi connectivity index (χ1n) is 15.2. The molecule has 2 aliphatic rings. The Kier molecular flexibility index (Phi) is 7.53. The van der Waals surface area contributed by atoms with Crippen LogP contribution in [0.5, 0.6) is 11.8 Å². The normalized spacial score (nSPS) is 19.4. The number of pyridine rings is 1. The van der Waals surface area contributed by atoms with Crippen LogP contribution in [0.3, 0.4) is 0 Å². The highest BCUT2D eigenvalue weighted by molar-refractivity contribution is 6.03. The quantitative estimate of drug-likeness (QED) is 0.215. The molecule has 0 radical (unpaired) electrons. The van der Waals surface area contributed by atoms with Crippen molar-refractivity contribution in [2.75, 3.05) is 31.6 Å². The lowest BCUT2D eigenvalue weighted by atomic mass is 9.95. The van der Waals surface area contributed by atoms with Crippen LogP contribution in [0.25, 0.3) is 33.0 Å². The molecule has 9 nitrogen and oxygen atoms in total. The molecule has 2 fully saturated rings. The van der Waals surface area contributed by atoms with Gasteiger partial charge in [-0.3, -0.25) is 9.88 Å². The summed E-state index contributed by atoms with van der Waals surface area (Å²) in [4.78, 5) is 29.5. The zero-order valence-electron chi connectivity index (χ0n) is 25.1. The zero-order chi connectivity index (χ0) is 32.0. The first kappa shape index (κ1) is 29.6. The van der Waals surface area contributed by atoms with Gasteiger partial charge in [0, 0.05) is 54.3 Å². The molecule has 0 spiro atoms. The lowest BCUT2D eigenvalue weighted by molar-refractivity contribution is 0.107. The third kappa shape index (κ3) is 5.18. The number of fused-ring (bicyclic) bond motifs is 3. The number of terminal acetylenes is 1. The molecule has 11 heteroatoms. The number of benzene rings is 2. The first-order chi connectivity index (χ1) is 22.3. The van der Waals surface area contributed by atoms with E-state index in [1.165, 1.54) is 24.3 Å². The van der Waals surface area contributed by atoms with E-state index in [9.17, 15) is 18.7 Å². The molecule has 2 aromatic carbocycles. The molecule has 0 amide bonds. The number of phenols is 1. The van der Waals surface area contributed by atoms with Crippen molar-refractivity contribution >= 4 is 27.5 Å². The van der Waals surface area contributed by atoms with Crippen molar-refractivity contribution in [1.29, 1.82) is 0 Å². The molecule has 5 heterocycles. The second kappa shape index (κ2) is 11.7. The van der Waals surface area contributed by atoms with Gasteiger partial charge >= 0.3 is 11.6 Å². The zero-order valence-corrected chi connectivity index (χ0v) is 25.1. The van der Waals surface area contributed by atoms with Crippen LogP contribution in [0.1, 0.15) is 36.1 Å². The number of phenolic OH excluding ortho intramolecular Hbond substituents is 1. The van der Waals surface area contributed by atoms with Gasteiger partial charge in [0.05, 0.1) is 16.6 Å². The summed E-state index contributed by atoms with van der Waals surface area (Å²) in [6.45, 7) is 3.49. The molecule has 2 N–H and O–H groups in total. The van der Waals surface area contributed by atoms with E-state index in [4.69, 9.17) is 15.6 Å². The summed E-state index contributed by atoms with van der Waals surface area (Å²) < 4.78 is 41.4. The number of aryl methyl sites for hydroxylation is 1. The van der Waals surface area contributed by atoms with Crippen molar-refractivity contribution in [3.05, 3.63) is 81.7 Å². The average molecular weight is 624 g/mol. The summed E-state index contributed by atoms with van der Waals surface area (Å²) >= 11 is 0. The topological polar surface area (TPSA) is 114 Å². The maximum Gasteiger partial charge on any atom is 0.349 e.